The zero-order chi connectivity index (χ0) is 14.7. The number of cyclic esters (lactones) is 1. The van der Waals surface area contributed by atoms with E-state index in [9.17, 15) is 14.7 Å². The molecule has 1 saturated heterocycles. The van der Waals surface area contributed by atoms with E-state index in [0.29, 0.717) is 0 Å². The average molecular weight is 271 g/mol. The van der Waals surface area contributed by atoms with Crippen LogP contribution in [0.2, 0.25) is 0 Å². The van der Waals surface area contributed by atoms with E-state index < -0.39 is 18.1 Å². The lowest BCUT2D eigenvalue weighted by Gasteiger charge is -2.29. The summed E-state index contributed by atoms with van der Waals surface area (Å²) in [5.41, 5.74) is 0. The lowest BCUT2D eigenvalue weighted by atomic mass is 9.90. The van der Waals surface area contributed by atoms with E-state index in [1.54, 1.807) is 6.92 Å². The summed E-state index contributed by atoms with van der Waals surface area (Å²) in [6.45, 7) is 9.67. The van der Waals surface area contributed by atoms with Crippen LogP contribution < -0.4 is 0 Å². The van der Waals surface area contributed by atoms with E-state index in [2.05, 4.69) is 0 Å². The van der Waals surface area contributed by atoms with E-state index in [0.717, 1.165) is 6.42 Å². The summed E-state index contributed by atoms with van der Waals surface area (Å²) >= 11 is 0. The van der Waals surface area contributed by atoms with Crippen molar-refractivity contribution < 1.29 is 19.4 Å². The Morgan fingerprint density at radius 2 is 2.00 bits per heavy atom. The SMILES string of the molecule is CC[C@H](C)[C@@H](O)[C@H](C)C(=O)N1C(=O)OC[C@@H]1C(C)C. The van der Waals surface area contributed by atoms with Gasteiger partial charge in [-0.3, -0.25) is 4.79 Å². The summed E-state index contributed by atoms with van der Waals surface area (Å²) in [5.74, 6) is -0.769. The number of amides is 2. The molecule has 1 N–H and O–H groups in total. The van der Waals surface area contributed by atoms with Crippen molar-refractivity contribution in [3.8, 4) is 0 Å². The molecular weight excluding hydrogens is 246 g/mol. The first-order valence-electron chi connectivity index (χ1n) is 6.99. The highest BCUT2D eigenvalue weighted by molar-refractivity contribution is 5.94. The Kier molecular flexibility index (Phi) is 5.35. The highest BCUT2D eigenvalue weighted by Crippen LogP contribution is 2.25. The van der Waals surface area contributed by atoms with Gasteiger partial charge in [-0.25, -0.2) is 9.69 Å². The first-order chi connectivity index (χ1) is 8.81. The van der Waals surface area contributed by atoms with Crippen LogP contribution in [0.1, 0.15) is 41.0 Å². The highest BCUT2D eigenvalue weighted by Gasteiger charge is 2.42. The summed E-state index contributed by atoms with van der Waals surface area (Å²) in [4.78, 5) is 25.3. The normalized spacial score (nSPS) is 24.3. The Morgan fingerprint density at radius 1 is 1.42 bits per heavy atom. The van der Waals surface area contributed by atoms with E-state index in [1.807, 2.05) is 27.7 Å². The predicted molar refractivity (Wildman–Crippen MR) is 71.4 cm³/mol. The molecule has 1 rings (SSSR count). The van der Waals surface area contributed by atoms with Crippen molar-refractivity contribution in [2.45, 2.75) is 53.2 Å². The maximum Gasteiger partial charge on any atom is 0.416 e. The second-order valence-corrected chi connectivity index (χ2v) is 5.76. The molecule has 5 nitrogen and oxygen atoms in total. The molecule has 1 aliphatic rings. The third kappa shape index (κ3) is 3.26. The number of hydrogen-bond acceptors (Lipinski definition) is 4. The lowest BCUT2D eigenvalue weighted by molar-refractivity contribution is -0.138. The van der Waals surface area contributed by atoms with Crippen LogP contribution in [0.4, 0.5) is 4.79 Å². The summed E-state index contributed by atoms with van der Waals surface area (Å²) in [6.07, 6.45) is -0.540. The molecule has 1 fully saturated rings. The van der Waals surface area contributed by atoms with Crippen molar-refractivity contribution in [1.29, 1.82) is 0 Å². The predicted octanol–water partition coefficient (Wildman–Crippen LogP) is 2.03. The minimum Gasteiger partial charge on any atom is -0.447 e. The number of carbonyl (C=O) groups excluding carboxylic acids is 2. The fraction of sp³-hybridized carbons (Fsp3) is 0.857. The topological polar surface area (TPSA) is 66.8 Å². The van der Waals surface area contributed by atoms with Crippen LogP contribution in [0, 0.1) is 17.8 Å². The molecule has 0 bridgehead atoms. The Balaban J connectivity index is 2.83. The van der Waals surface area contributed by atoms with Gasteiger partial charge in [-0.1, -0.05) is 41.0 Å². The molecule has 0 aromatic heterocycles. The fourth-order valence-electron chi connectivity index (χ4n) is 2.28. The third-order valence-electron chi connectivity index (χ3n) is 4.04. The standard InChI is InChI=1S/C14H25NO4/c1-6-9(4)12(16)10(5)13(17)15-11(8(2)3)7-19-14(15)18/h8-12,16H,6-7H2,1-5H3/t9-,10-,11+,12+/m0/s1. The molecule has 0 aliphatic carbocycles. The van der Waals surface area contributed by atoms with Gasteiger partial charge < -0.3 is 9.84 Å². The van der Waals surface area contributed by atoms with Crippen LogP contribution >= 0.6 is 0 Å². The smallest absolute Gasteiger partial charge is 0.416 e. The summed E-state index contributed by atoms with van der Waals surface area (Å²) < 4.78 is 4.96. The van der Waals surface area contributed by atoms with Gasteiger partial charge in [0.05, 0.1) is 18.1 Å². The Hall–Kier alpha value is -1.10. The van der Waals surface area contributed by atoms with Crippen molar-refractivity contribution in [3.63, 3.8) is 0 Å². The first kappa shape index (κ1) is 16.0. The van der Waals surface area contributed by atoms with Crippen LogP contribution in [0.3, 0.4) is 0 Å². The number of aliphatic hydroxyl groups excluding tert-OH is 1. The van der Waals surface area contributed by atoms with Crippen LogP contribution in [0.5, 0.6) is 0 Å². The molecule has 1 heterocycles. The molecular formula is C14H25NO4. The van der Waals surface area contributed by atoms with Gasteiger partial charge in [0.25, 0.3) is 0 Å². The molecule has 2 amide bonds. The Labute approximate surface area is 114 Å². The van der Waals surface area contributed by atoms with Gasteiger partial charge in [0.15, 0.2) is 0 Å². The number of imide groups is 1. The molecule has 4 atom stereocenters. The number of rotatable bonds is 5. The van der Waals surface area contributed by atoms with Crippen molar-refractivity contribution in [3.05, 3.63) is 0 Å². The molecule has 0 spiro atoms. The van der Waals surface area contributed by atoms with E-state index in [-0.39, 0.29) is 30.4 Å². The minimum absolute atomic E-state index is 0.0232. The fourth-order valence-corrected chi connectivity index (χ4v) is 2.28. The van der Waals surface area contributed by atoms with Crippen molar-refractivity contribution in [1.82, 2.24) is 4.90 Å². The summed E-state index contributed by atoms with van der Waals surface area (Å²) in [5, 5.41) is 10.1. The number of nitrogens with zero attached hydrogens (tertiary/aromatic N) is 1. The number of hydrogen-bond donors (Lipinski definition) is 1. The zero-order valence-electron chi connectivity index (χ0n) is 12.4. The number of aliphatic hydroxyl groups is 1. The van der Waals surface area contributed by atoms with Crippen molar-refractivity contribution in [2.75, 3.05) is 6.61 Å². The van der Waals surface area contributed by atoms with Crippen LogP contribution in [-0.2, 0) is 9.53 Å². The van der Waals surface area contributed by atoms with Gasteiger partial charge in [-0.05, 0) is 11.8 Å². The van der Waals surface area contributed by atoms with Gasteiger partial charge in [0, 0.05) is 0 Å². The molecule has 1 aliphatic heterocycles. The monoisotopic (exact) mass is 271 g/mol. The zero-order valence-corrected chi connectivity index (χ0v) is 12.4. The third-order valence-corrected chi connectivity index (χ3v) is 4.04. The summed E-state index contributed by atoms with van der Waals surface area (Å²) in [7, 11) is 0. The second-order valence-electron chi connectivity index (χ2n) is 5.76. The van der Waals surface area contributed by atoms with E-state index >= 15 is 0 Å². The highest BCUT2D eigenvalue weighted by atomic mass is 16.6. The molecule has 0 saturated carbocycles. The van der Waals surface area contributed by atoms with Crippen LogP contribution in [-0.4, -0.2) is 40.8 Å². The van der Waals surface area contributed by atoms with Crippen LogP contribution in [0.25, 0.3) is 0 Å². The van der Waals surface area contributed by atoms with E-state index in [4.69, 9.17) is 4.74 Å². The molecule has 0 aromatic carbocycles. The van der Waals surface area contributed by atoms with E-state index in [1.165, 1.54) is 4.90 Å². The van der Waals surface area contributed by atoms with Gasteiger partial charge in [0.2, 0.25) is 5.91 Å². The number of carbonyl (C=O) groups is 2. The maximum atomic E-state index is 12.4. The second kappa shape index (κ2) is 6.37. The summed E-state index contributed by atoms with van der Waals surface area (Å²) in [6, 6.07) is -0.230. The molecule has 0 unspecified atom stereocenters. The largest absolute Gasteiger partial charge is 0.447 e. The quantitative estimate of drug-likeness (QED) is 0.831. The van der Waals surface area contributed by atoms with Crippen LogP contribution in [0.15, 0.2) is 0 Å². The molecule has 5 heteroatoms. The average Bonchev–Trinajstić information content (AvgIpc) is 2.77. The maximum absolute atomic E-state index is 12.4. The first-order valence-corrected chi connectivity index (χ1v) is 6.99. The van der Waals surface area contributed by atoms with Gasteiger partial charge in [-0.15, -0.1) is 0 Å². The van der Waals surface area contributed by atoms with Crippen molar-refractivity contribution in [2.24, 2.45) is 17.8 Å². The minimum atomic E-state index is -0.737. The Morgan fingerprint density at radius 3 is 2.47 bits per heavy atom. The van der Waals surface area contributed by atoms with Gasteiger partial charge >= 0.3 is 6.09 Å². The molecule has 0 radical (unpaired) electrons. The molecule has 0 aromatic rings. The Bertz CT molecular complexity index is 342. The number of ether oxygens (including phenoxy) is 1. The van der Waals surface area contributed by atoms with Gasteiger partial charge in [0.1, 0.15) is 6.61 Å². The molecule has 19 heavy (non-hydrogen) atoms. The van der Waals surface area contributed by atoms with Crippen molar-refractivity contribution >= 4 is 12.0 Å². The van der Waals surface area contributed by atoms with Gasteiger partial charge in [-0.2, -0.15) is 0 Å². The molecule has 110 valence electrons. The lowest BCUT2D eigenvalue weighted by Crippen LogP contribution is -2.47.